The van der Waals surface area contributed by atoms with Crippen LogP contribution in [-0.4, -0.2) is 10.8 Å². The van der Waals surface area contributed by atoms with Gasteiger partial charge >= 0.3 is 0 Å². The molecule has 0 saturated heterocycles. The maximum absolute atomic E-state index is 11.7. The average molecular weight is 197 g/mol. The van der Waals surface area contributed by atoms with Crippen LogP contribution in [0.2, 0.25) is 0 Å². The summed E-state index contributed by atoms with van der Waals surface area (Å²) in [5.74, 6) is -0.0254. The molecule has 74 valence electrons. The quantitative estimate of drug-likeness (QED) is 0.547. The summed E-state index contributed by atoms with van der Waals surface area (Å²) < 4.78 is 0. The zero-order chi connectivity index (χ0) is 10.8. The van der Waals surface area contributed by atoms with Gasteiger partial charge in [-0.3, -0.25) is 9.78 Å². The summed E-state index contributed by atoms with van der Waals surface area (Å²) in [4.78, 5) is 15.9. The summed E-state index contributed by atoms with van der Waals surface area (Å²) >= 11 is 0. The first kappa shape index (κ1) is 9.59. The van der Waals surface area contributed by atoms with Crippen LogP contribution in [-0.2, 0) is 0 Å². The van der Waals surface area contributed by atoms with Crippen molar-refractivity contribution in [1.82, 2.24) is 4.98 Å². The lowest BCUT2D eigenvalue weighted by Gasteiger charge is -2.01. The molecule has 1 aromatic heterocycles. The largest absolute Gasteiger partial charge is 0.289 e. The third-order valence-electron chi connectivity index (χ3n) is 2.26. The lowest BCUT2D eigenvalue weighted by atomic mass is 10.0. The molecule has 0 amide bonds. The molecule has 0 radical (unpaired) electrons. The van der Waals surface area contributed by atoms with Crippen LogP contribution in [0.4, 0.5) is 0 Å². The Hall–Kier alpha value is -1.96. The Kier molecular flexibility index (Phi) is 2.34. The van der Waals surface area contributed by atoms with E-state index in [4.69, 9.17) is 0 Å². The van der Waals surface area contributed by atoms with Gasteiger partial charge in [-0.25, -0.2) is 0 Å². The Balaban J connectivity index is 2.56. The fraction of sp³-hybridized carbons (Fsp3) is 0.0769. The van der Waals surface area contributed by atoms with E-state index in [1.54, 1.807) is 25.3 Å². The molecular weight excluding hydrogens is 186 g/mol. The Morgan fingerprint density at radius 1 is 1.33 bits per heavy atom. The van der Waals surface area contributed by atoms with Gasteiger partial charge in [0.15, 0.2) is 5.78 Å². The number of aromatic nitrogens is 1. The molecule has 0 spiro atoms. The van der Waals surface area contributed by atoms with E-state index in [0.717, 1.165) is 10.9 Å². The van der Waals surface area contributed by atoms with Gasteiger partial charge in [-0.1, -0.05) is 24.8 Å². The second-order valence-electron chi connectivity index (χ2n) is 3.52. The van der Waals surface area contributed by atoms with Crippen LogP contribution in [0.25, 0.3) is 10.9 Å². The number of hydrogen-bond acceptors (Lipinski definition) is 2. The van der Waals surface area contributed by atoms with Crippen molar-refractivity contribution in [2.75, 3.05) is 0 Å². The van der Waals surface area contributed by atoms with E-state index in [9.17, 15) is 4.79 Å². The van der Waals surface area contributed by atoms with E-state index in [1.165, 1.54) is 0 Å². The maximum Gasteiger partial charge on any atom is 0.188 e. The van der Waals surface area contributed by atoms with E-state index >= 15 is 0 Å². The Morgan fingerprint density at radius 2 is 2.13 bits per heavy atom. The van der Waals surface area contributed by atoms with Crippen LogP contribution in [0, 0.1) is 0 Å². The number of hydrogen-bond donors (Lipinski definition) is 0. The van der Waals surface area contributed by atoms with Gasteiger partial charge < -0.3 is 0 Å². The number of carbonyl (C=O) groups excluding carboxylic acids is 1. The smallest absolute Gasteiger partial charge is 0.188 e. The topological polar surface area (TPSA) is 30.0 Å². The fourth-order valence-corrected chi connectivity index (χ4v) is 1.45. The number of allylic oxidation sites excluding steroid dienone is 1. The van der Waals surface area contributed by atoms with Crippen molar-refractivity contribution in [2.45, 2.75) is 6.92 Å². The molecule has 0 N–H and O–H groups in total. The number of carbonyl (C=O) groups is 1. The molecular formula is C13H11NO. The summed E-state index contributed by atoms with van der Waals surface area (Å²) in [5, 5.41) is 1.04. The monoisotopic (exact) mass is 197 g/mol. The second kappa shape index (κ2) is 3.65. The van der Waals surface area contributed by atoms with E-state index in [0.29, 0.717) is 11.1 Å². The van der Waals surface area contributed by atoms with Crippen molar-refractivity contribution in [3.8, 4) is 0 Å². The van der Waals surface area contributed by atoms with E-state index in [1.807, 2.05) is 18.2 Å². The molecule has 2 heteroatoms. The van der Waals surface area contributed by atoms with Gasteiger partial charge in [0.05, 0.1) is 5.52 Å². The van der Waals surface area contributed by atoms with Gasteiger partial charge in [-0.15, -0.1) is 0 Å². The lowest BCUT2D eigenvalue weighted by molar-refractivity contribution is 0.103. The molecule has 0 aliphatic heterocycles. The van der Waals surface area contributed by atoms with Gasteiger partial charge in [-0.2, -0.15) is 0 Å². The summed E-state index contributed by atoms with van der Waals surface area (Å²) in [6.45, 7) is 5.35. The van der Waals surface area contributed by atoms with Crippen molar-refractivity contribution < 1.29 is 4.79 Å². The van der Waals surface area contributed by atoms with Crippen LogP contribution in [0.3, 0.4) is 0 Å². The van der Waals surface area contributed by atoms with Crippen molar-refractivity contribution in [3.63, 3.8) is 0 Å². The molecule has 0 aliphatic carbocycles. The molecule has 0 bridgehead atoms. The highest BCUT2D eigenvalue weighted by Gasteiger charge is 2.06. The van der Waals surface area contributed by atoms with E-state index < -0.39 is 0 Å². The zero-order valence-corrected chi connectivity index (χ0v) is 8.53. The van der Waals surface area contributed by atoms with Gasteiger partial charge in [0.25, 0.3) is 0 Å². The summed E-state index contributed by atoms with van der Waals surface area (Å²) in [6.07, 6.45) is 1.72. The summed E-state index contributed by atoms with van der Waals surface area (Å²) in [6, 6.07) is 9.35. The molecule has 0 unspecified atom stereocenters. The van der Waals surface area contributed by atoms with Crippen molar-refractivity contribution in [3.05, 3.63) is 54.2 Å². The molecule has 1 heterocycles. The van der Waals surface area contributed by atoms with Crippen LogP contribution in [0.1, 0.15) is 17.3 Å². The number of nitrogens with zero attached hydrogens (tertiary/aromatic N) is 1. The molecule has 2 nitrogen and oxygen atoms in total. The highest BCUT2D eigenvalue weighted by atomic mass is 16.1. The van der Waals surface area contributed by atoms with E-state index in [2.05, 4.69) is 11.6 Å². The van der Waals surface area contributed by atoms with Gasteiger partial charge in [0, 0.05) is 17.1 Å². The summed E-state index contributed by atoms with van der Waals surface area (Å²) in [7, 11) is 0. The SMILES string of the molecule is C=C(C)C(=O)c1ccc2cccnc2c1. The number of rotatable bonds is 2. The first-order valence-electron chi connectivity index (χ1n) is 4.73. The molecule has 0 aliphatic rings. The van der Waals surface area contributed by atoms with Crippen LogP contribution >= 0.6 is 0 Å². The average Bonchev–Trinajstić information content (AvgIpc) is 2.27. The number of ketones is 1. The molecule has 15 heavy (non-hydrogen) atoms. The fourth-order valence-electron chi connectivity index (χ4n) is 1.45. The maximum atomic E-state index is 11.7. The molecule has 0 saturated carbocycles. The van der Waals surface area contributed by atoms with Crippen molar-refractivity contribution >= 4 is 16.7 Å². The van der Waals surface area contributed by atoms with Gasteiger partial charge in [0.1, 0.15) is 0 Å². The first-order chi connectivity index (χ1) is 7.18. The Bertz CT molecular complexity index is 543. The summed E-state index contributed by atoms with van der Waals surface area (Å²) in [5.41, 5.74) is 2.03. The highest BCUT2D eigenvalue weighted by molar-refractivity contribution is 6.09. The number of benzene rings is 1. The minimum absolute atomic E-state index is 0.0254. The predicted octanol–water partition coefficient (Wildman–Crippen LogP) is 2.99. The third kappa shape index (κ3) is 1.79. The van der Waals surface area contributed by atoms with Crippen LogP contribution < -0.4 is 0 Å². The van der Waals surface area contributed by atoms with Gasteiger partial charge in [-0.05, 0) is 24.6 Å². The normalized spacial score (nSPS) is 10.2. The lowest BCUT2D eigenvalue weighted by Crippen LogP contribution is -1.99. The highest BCUT2D eigenvalue weighted by Crippen LogP contribution is 2.15. The standard InChI is InChI=1S/C13H11NO/c1-9(2)13(15)11-6-5-10-4-3-7-14-12(10)8-11/h3-8H,1H2,2H3. The molecule has 0 atom stereocenters. The third-order valence-corrected chi connectivity index (χ3v) is 2.26. The van der Waals surface area contributed by atoms with E-state index in [-0.39, 0.29) is 5.78 Å². The molecule has 2 aromatic rings. The molecule has 2 rings (SSSR count). The first-order valence-corrected chi connectivity index (χ1v) is 4.73. The second-order valence-corrected chi connectivity index (χ2v) is 3.52. The van der Waals surface area contributed by atoms with Crippen molar-refractivity contribution in [2.24, 2.45) is 0 Å². The van der Waals surface area contributed by atoms with Gasteiger partial charge in [0.2, 0.25) is 0 Å². The Labute approximate surface area is 88.3 Å². The number of fused-ring (bicyclic) bond motifs is 1. The van der Waals surface area contributed by atoms with Crippen molar-refractivity contribution in [1.29, 1.82) is 0 Å². The molecule has 1 aromatic carbocycles. The predicted molar refractivity (Wildman–Crippen MR) is 60.9 cm³/mol. The number of Topliss-reactive ketones (excluding diaryl/α,β-unsaturated/α-hetero) is 1. The Morgan fingerprint density at radius 3 is 2.87 bits per heavy atom. The van der Waals surface area contributed by atoms with Crippen LogP contribution in [0.15, 0.2) is 48.7 Å². The minimum Gasteiger partial charge on any atom is -0.289 e. The van der Waals surface area contributed by atoms with Crippen LogP contribution in [0.5, 0.6) is 0 Å². The minimum atomic E-state index is -0.0254. The zero-order valence-electron chi connectivity index (χ0n) is 8.53. The molecule has 0 fully saturated rings. The number of pyridine rings is 1.